The minimum Gasteiger partial charge on any atom is -0.399 e. The molecule has 26 heavy (non-hydrogen) atoms. The molecule has 1 aliphatic heterocycles. The van der Waals surface area contributed by atoms with Crippen molar-refractivity contribution in [1.82, 2.24) is 4.90 Å². The summed E-state index contributed by atoms with van der Waals surface area (Å²) in [5.41, 5.74) is 6.39. The molecule has 0 amide bonds. The summed E-state index contributed by atoms with van der Waals surface area (Å²) in [6.45, 7) is 4.71. The van der Waals surface area contributed by atoms with Gasteiger partial charge in [0.2, 0.25) is 0 Å². The number of rotatable bonds is 3. The number of allylic oxidation sites excluding steroid dienone is 4. The van der Waals surface area contributed by atoms with Gasteiger partial charge in [-0.2, -0.15) is 15.8 Å². The smallest absolute Gasteiger partial charge is 0.187 e. The fourth-order valence-electron chi connectivity index (χ4n) is 5.00. The van der Waals surface area contributed by atoms with Crippen LogP contribution in [0.25, 0.3) is 0 Å². The van der Waals surface area contributed by atoms with E-state index in [2.05, 4.69) is 48.3 Å². The lowest BCUT2D eigenvalue weighted by Crippen LogP contribution is -2.52. The van der Waals surface area contributed by atoms with Crippen LogP contribution in [0.4, 0.5) is 0 Å². The van der Waals surface area contributed by atoms with E-state index in [0.29, 0.717) is 5.57 Å². The van der Waals surface area contributed by atoms with Crippen molar-refractivity contribution in [3.05, 3.63) is 35.1 Å². The molecule has 3 aliphatic rings. The van der Waals surface area contributed by atoms with Crippen LogP contribution in [0.5, 0.6) is 0 Å². The molecule has 3 rings (SSSR count). The second-order valence-electron chi connectivity index (χ2n) is 7.53. The summed E-state index contributed by atoms with van der Waals surface area (Å²) < 4.78 is 0. The van der Waals surface area contributed by atoms with E-state index in [1.807, 2.05) is 0 Å². The van der Waals surface area contributed by atoms with Crippen LogP contribution in [0.1, 0.15) is 32.6 Å². The van der Waals surface area contributed by atoms with Crippen molar-refractivity contribution in [3.8, 4) is 18.2 Å². The molecule has 1 heterocycles. The number of nitrogens with zero attached hydrogens (tertiary/aromatic N) is 4. The number of fused-ring (bicyclic) bond motifs is 1. The molecule has 2 aliphatic carbocycles. The van der Waals surface area contributed by atoms with E-state index in [1.54, 1.807) is 0 Å². The standard InChI is InChI=1S/C21H25N5/c1-2-9-26-10-8-16-17(11-22)20(25)21(13-23,14-24)19(18(16)12-26)15-6-4-3-5-7-15/h3-4,8,15,18-19H,2,5-7,9-10,12,25H2,1H3/t15-,18+,19-/m1/s1. The van der Waals surface area contributed by atoms with Gasteiger partial charge in [-0.15, -0.1) is 0 Å². The van der Waals surface area contributed by atoms with E-state index in [1.165, 1.54) is 0 Å². The zero-order valence-electron chi connectivity index (χ0n) is 15.3. The van der Waals surface area contributed by atoms with Crippen molar-refractivity contribution in [2.75, 3.05) is 19.6 Å². The summed E-state index contributed by atoms with van der Waals surface area (Å²) >= 11 is 0. The molecule has 0 aromatic carbocycles. The van der Waals surface area contributed by atoms with E-state index < -0.39 is 5.41 Å². The van der Waals surface area contributed by atoms with Gasteiger partial charge in [-0.25, -0.2) is 0 Å². The summed E-state index contributed by atoms with van der Waals surface area (Å²) in [6.07, 6.45) is 10.3. The molecule has 3 atom stereocenters. The minimum absolute atomic E-state index is 0.00745. The zero-order chi connectivity index (χ0) is 18.7. The molecule has 5 nitrogen and oxygen atoms in total. The Morgan fingerprint density at radius 1 is 1.27 bits per heavy atom. The maximum atomic E-state index is 10.0. The molecule has 0 fully saturated rings. The van der Waals surface area contributed by atoms with Gasteiger partial charge in [0.1, 0.15) is 6.07 Å². The van der Waals surface area contributed by atoms with E-state index in [-0.39, 0.29) is 23.5 Å². The predicted molar refractivity (Wildman–Crippen MR) is 98.8 cm³/mol. The summed E-state index contributed by atoms with van der Waals surface area (Å²) in [5, 5.41) is 29.8. The topological polar surface area (TPSA) is 101 Å². The Hall–Kier alpha value is -2.55. The maximum Gasteiger partial charge on any atom is 0.187 e. The first kappa shape index (κ1) is 18.2. The van der Waals surface area contributed by atoms with E-state index in [9.17, 15) is 15.8 Å². The van der Waals surface area contributed by atoms with E-state index in [0.717, 1.165) is 50.9 Å². The highest BCUT2D eigenvalue weighted by Crippen LogP contribution is 2.54. The van der Waals surface area contributed by atoms with Crippen LogP contribution < -0.4 is 5.73 Å². The Balaban J connectivity index is 2.16. The normalized spacial score (nSPS) is 30.5. The van der Waals surface area contributed by atoms with Crippen LogP contribution in [-0.2, 0) is 0 Å². The summed E-state index contributed by atoms with van der Waals surface area (Å²) in [5.74, 6) is 0.0616. The van der Waals surface area contributed by atoms with Gasteiger partial charge in [0.05, 0.1) is 23.4 Å². The monoisotopic (exact) mass is 347 g/mol. The van der Waals surface area contributed by atoms with Gasteiger partial charge in [0.15, 0.2) is 5.41 Å². The second-order valence-corrected chi connectivity index (χ2v) is 7.53. The van der Waals surface area contributed by atoms with Gasteiger partial charge in [-0.3, -0.25) is 4.90 Å². The van der Waals surface area contributed by atoms with Crippen LogP contribution in [0.3, 0.4) is 0 Å². The second kappa shape index (κ2) is 7.36. The number of hydrogen-bond donors (Lipinski definition) is 1. The van der Waals surface area contributed by atoms with Crippen LogP contribution >= 0.6 is 0 Å². The summed E-state index contributed by atoms with van der Waals surface area (Å²) in [6, 6.07) is 6.69. The first-order valence-corrected chi connectivity index (χ1v) is 9.43. The van der Waals surface area contributed by atoms with Gasteiger partial charge in [0.25, 0.3) is 0 Å². The lowest BCUT2D eigenvalue weighted by atomic mass is 9.55. The Kier molecular flexibility index (Phi) is 5.17. The van der Waals surface area contributed by atoms with Gasteiger partial charge < -0.3 is 5.73 Å². The molecule has 0 saturated heterocycles. The fraction of sp³-hybridized carbons (Fsp3) is 0.571. The molecule has 0 aromatic rings. The van der Waals surface area contributed by atoms with Crippen LogP contribution in [0.15, 0.2) is 35.1 Å². The molecule has 0 saturated carbocycles. The van der Waals surface area contributed by atoms with Crippen molar-refractivity contribution in [1.29, 1.82) is 15.8 Å². The molecule has 0 radical (unpaired) electrons. The average molecular weight is 347 g/mol. The van der Waals surface area contributed by atoms with Gasteiger partial charge in [-0.1, -0.05) is 25.2 Å². The third-order valence-corrected chi connectivity index (χ3v) is 6.16. The van der Waals surface area contributed by atoms with Gasteiger partial charge >= 0.3 is 0 Å². The first-order chi connectivity index (χ1) is 12.6. The molecule has 0 aromatic heterocycles. The Labute approximate surface area is 155 Å². The minimum atomic E-state index is -1.42. The molecule has 0 bridgehead atoms. The molecule has 0 unspecified atom stereocenters. The highest BCUT2D eigenvalue weighted by Gasteiger charge is 2.55. The highest BCUT2D eigenvalue weighted by atomic mass is 15.1. The Morgan fingerprint density at radius 3 is 2.62 bits per heavy atom. The van der Waals surface area contributed by atoms with Crippen LogP contribution in [-0.4, -0.2) is 24.5 Å². The van der Waals surface area contributed by atoms with E-state index in [4.69, 9.17) is 5.73 Å². The number of nitrogens with two attached hydrogens (primary N) is 1. The van der Waals surface area contributed by atoms with Gasteiger partial charge in [-0.05, 0) is 43.7 Å². The van der Waals surface area contributed by atoms with Gasteiger partial charge in [0, 0.05) is 24.9 Å². The molecule has 134 valence electrons. The molecular formula is C21H25N5. The fourth-order valence-corrected chi connectivity index (χ4v) is 5.00. The average Bonchev–Trinajstić information content (AvgIpc) is 2.68. The Bertz CT molecular complexity index is 769. The molecule has 0 spiro atoms. The first-order valence-electron chi connectivity index (χ1n) is 9.43. The summed E-state index contributed by atoms with van der Waals surface area (Å²) in [7, 11) is 0. The van der Waals surface area contributed by atoms with E-state index >= 15 is 0 Å². The Morgan fingerprint density at radius 2 is 2.04 bits per heavy atom. The van der Waals surface area contributed by atoms with Crippen LogP contribution in [0.2, 0.25) is 0 Å². The zero-order valence-corrected chi connectivity index (χ0v) is 15.3. The maximum absolute atomic E-state index is 10.0. The van der Waals surface area contributed by atoms with Crippen LogP contribution in [0, 0.1) is 57.2 Å². The molecule has 2 N–H and O–H groups in total. The molecule has 5 heteroatoms. The highest BCUT2D eigenvalue weighted by molar-refractivity contribution is 5.56. The van der Waals surface area contributed by atoms with Crippen molar-refractivity contribution in [2.24, 2.45) is 28.9 Å². The number of hydrogen-bond acceptors (Lipinski definition) is 5. The van der Waals surface area contributed by atoms with Crippen molar-refractivity contribution < 1.29 is 0 Å². The third-order valence-electron chi connectivity index (χ3n) is 6.16. The largest absolute Gasteiger partial charge is 0.399 e. The predicted octanol–water partition coefficient (Wildman–Crippen LogP) is 3.01. The number of nitriles is 3. The molecular weight excluding hydrogens is 322 g/mol. The van der Waals surface area contributed by atoms with Crippen molar-refractivity contribution in [3.63, 3.8) is 0 Å². The quantitative estimate of drug-likeness (QED) is 0.791. The van der Waals surface area contributed by atoms with Crippen molar-refractivity contribution >= 4 is 0 Å². The lowest BCUT2D eigenvalue weighted by molar-refractivity contribution is 0.110. The SMILES string of the molecule is CCCN1CC=C2C(C#N)=C(N)C(C#N)(C#N)[C@H]([C@@H]3CC=CCC3)[C@H]2C1. The summed E-state index contributed by atoms with van der Waals surface area (Å²) in [4.78, 5) is 2.36. The van der Waals surface area contributed by atoms with Crippen molar-refractivity contribution in [2.45, 2.75) is 32.6 Å². The third kappa shape index (κ3) is 2.72. The lowest BCUT2D eigenvalue weighted by Gasteiger charge is -2.48.